The number of carbonyl (C=O) groups is 1. The Morgan fingerprint density at radius 1 is 0.750 bits per heavy atom. The molecule has 0 bridgehead atoms. The van der Waals surface area contributed by atoms with Crippen LogP contribution in [0.25, 0.3) is 51.7 Å². The van der Waals surface area contributed by atoms with Gasteiger partial charge in [-0.2, -0.15) is 11.8 Å². The van der Waals surface area contributed by atoms with E-state index in [1.165, 1.54) is 33.4 Å². The third-order valence-corrected chi connectivity index (χ3v) is 16.0. The van der Waals surface area contributed by atoms with Crippen molar-refractivity contribution in [2.45, 2.75) is 82.7 Å². The highest BCUT2D eigenvalue weighted by molar-refractivity contribution is 7.99. The zero-order chi connectivity index (χ0) is 50.2. The molecule has 6 aromatic carbocycles. The minimum Gasteiger partial charge on any atom is -0.481 e. The first-order valence-corrected chi connectivity index (χ1v) is 26.6. The number of carboxylic acids is 1. The molecule has 8 aromatic rings. The second-order valence-corrected chi connectivity index (χ2v) is 21.9. The number of carboxylic acid groups (broad SMARTS) is 1. The van der Waals surface area contributed by atoms with Crippen molar-refractivity contribution in [3.8, 4) is 0 Å². The summed E-state index contributed by atoms with van der Waals surface area (Å²) in [6.07, 6.45) is 14.5. The summed E-state index contributed by atoms with van der Waals surface area (Å²) in [6.45, 7) is 10.6. The fraction of sp³-hybridized carbons (Fsp3) is 0.234. The average molecular weight is 1010 g/mol. The Morgan fingerprint density at radius 3 is 2.01 bits per heavy atom. The average Bonchev–Trinajstić information content (AvgIpc) is 4.16. The molecule has 0 amide bonds. The van der Waals surface area contributed by atoms with Gasteiger partial charge in [-0.05, 0) is 164 Å². The number of nitrogens with zero attached hydrogens (tertiary/aromatic N) is 2. The molecule has 1 saturated carbocycles. The van der Waals surface area contributed by atoms with E-state index >= 15 is 0 Å². The van der Waals surface area contributed by atoms with Gasteiger partial charge in [-0.3, -0.25) is 4.79 Å². The Kier molecular flexibility index (Phi) is 15.9. The number of aromatic nitrogens is 2. The number of benzene rings is 6. The number of fused-ring (bicyclic) bond motifs is 3. The van der Waals surface area contributed by atoms with Gasteiger partial charge in [-0.15, -0.1) is 0 Å². The second-order valence-electron chi connectivity index (χ2n) is 19.8. The molecule has 0 saturated heterocycles. The van der Waals surface area contributed by atoms with Crippen LogP contribution < -0.4 is 0 Å². The maximum absolute atomic E-state index is 11.5. The molecule has 1 aliphatic heterocycles. The van der Waals surface area contributed by atoms with Gasteiger partial charge in [-0.1, -0.05) is 163 Å². The van der Waals surface area contributed by atoms with Crippen LogP contribution in [0.5, 0.6) is 0 Å². The molecule has 364 valence electrons. The van der Waals surface area contributed by atoms with Crippen LogP contribution in [0.3, 0.4) is 0 Å². The first kappa shape index (κ1) is 50.7. The number of rotatable bonds is 15. The van der Waals surface area contributed by atoms with Gasteiger partial charge in [0.2, 0.25) is 0 Å². The predicted octanol–water partition coefficient (Wildman–Crippen LogP) is 17.8. The standard InChI is InChI=1S/C35H34ClNO2S.C29H26ClNO/c1-24(2)31-9-4-3-7-26(31)13-17-33(40-23-35(18-19-35)22-34(38)39)28-8-5-6-25(20-28)10-15-30-16-12-27-11-14-29(36)21-32(27)37-30;1-29(2)26-9-4-3-7-21(26)13-17-28(32-29)23-8-5-6-20(18-23)10-15-25-16-12-22-11-14-24(30)19-27(22)31-25/h3-12,14-16,20-21,33H,1,13,17-19,22-23H2,2H3,(H,38,39);3-12,14-16,18-19,28H,13,17H2,1-2H3/b2*15-10+/t33-;/m1./s1. The molecule has 2 aliphatic rings. The first-order chi connectivity index (χ1) is 34.8. The van der Waals surface area contributed by atoms with E-state index in [-0.39, 0.29) is 28.8 Å². The van der Waals surface area contributed by atoms with Crippen molar-refractivity contribution in [1.82, 2.24) is 9.97 Å². The Bertz CT molecular complexity index is 3320. The Balaban J connectivity index is 0.000000182. The molecule has 0 radical (unpaired) electrons. The summed E-state index contributed by atoms with van der Waals surface area (Å²) in [6, 6.07) is 54.2. The van der Waals surface area contributed by atoms with Gasteiger partial charge in [-0.25, -0.2) is 9.97 Å². The molecule has 1 unspecified atom stereocenters. The van der Waals surface area contributed by atoms with E-state index in [1.54, 1.807) is 0 Å². The SMILES string of the molecule is C=C(C)c1ccccc1CC[C@@H](SCC1(CC(=O)O)CC1)c1cccc(/C=C/c2ccc3ccc(Cl)cc3n2)c1.CC1(C)OC(c2cccc(/C=C/c3ccc4ccc(Cl)cc4n3)c2)CCc2ccccc21. The van der Waals surface area contributed by atoms with Gasteiger partial charge in [0.05, 0.1) is 40.5 Å². The number of halogens is 2. The zero-order valence-corrected chi connectivity index (χ0v) is 43.5. The normalized spacial score (nSPS) is 16.2. The van der Waals surface area contributed by atoms with Crippen LogP contribution in [0.1, 0.15) is 120 Å². The predicted molar refractivity (Wildman–Crippen MR) is 304 cm³/mol. The van der Waals surface area contributed by atoms with Crippen molar-refractivity contribution in [2.75, 3.05) is 5.75 Å². The lowest BCUT2D eigenvalue weighted by molar-refractivity contribution is -0.138. The van der Waals surface area contributed by atoms with Gasteiger partial charge in [0, 0.05) is 31.8 Å². The number of hydrogen-bond acceptors (Lipinski definition) is 5. The third kappa shape index (κ3) is 13.0. The molecule has 1 N–H and O–H groups in total. The van der Waals surface area contributed by atoms with Gasteiger partial charge < -0.3 is 9.84 Å². The Hall–Kier alpha value is -6.28. The topological polar surface area (TPSA) is 72.3 Å². The molecule has 72 heavy (non-hydrogen) atoms. The lowest BCUT2D eigenvalue weighted by Crippen LogP contribution is -2.23. The molecule has 5 nitrogen and oxygen atoms in total. The lowest BCUT2D eigenvalue weighted by Gasteiger charge is -2.30. The molecule has 8 heteroatoms. The van der Waals surface area contributed by atoms with E-state index in [0.717, 1.165) is 94.2 Å². The van der Waals surface area contributed by atoms with Crippen LogP contribution >= 0.6 is 35.0 Å². The molecule has 2 aromatic heterocycles. The largest absolute Gasteiger partial charge is 0.481 e. The van der Waals surface area contributed by atoms with Gasteiger partial charge in [0.1, 0.15) is 0 Å². The summed E-state index contributed by atoms with van der Waals surface area (Å²) in [5, 5.41) is 13.2. The number of pyridine rings is 2. The molecule has 2 atom stereocenters. The quantitative estimate of drug-likeness (QED) is 0.110. The van der Waals surface area contributed by atoms with Crippen LogP contribution in [0, 0.1) is 5.41 Å². The number of aliphatic carboxylic acids is 1. The number of thioether (sulfide) groups is 1. The minimum absolute atomic E-state index is 0.0491. The van der Waals surface area contributed by atoms with Crippen LogP contribution in [-0.4, -0.2) is 26.8 Å². The van der Waals surface area contributed by atoms with E-state index in [2.05, 4.69) is 149 Å². The highest BCUT2D eigenvalue weighted by atomic mass is 35.5. The van der Waals surface area contributed by atoms with Crippen molar-refractivity contribution >= 4 is 92.6 Å². The Morgan fingerprint density at radius 2 is 1.36 bits per heavy atom. The fourth-order valence-corrected chi connectivity index (χ4v) is 11.6. The third-order valence-electron chi connectivity index (χ3n) is 13.8. The summed E-state index contributed by atoms with van der Waals surface area (Å²) in [4.78, 5) is 20.9. The summed E-state index contributed by atoms with van der Waals surface area (Å²) >= 11 is 14.2. The van der Waals surface area contributed by atoms with Gasteiger partial charge >= 0.3 is 5.97 Å². The Labute approximate surface area is 438 Å². The molecule has 1 fully saturated rings. The van der Waals surface area contributed by atoms with E-state index in [1.807, 2.05) is 72.4 Å². The molecule has 10 rings (SSSR count). The first-order valence-electron chi connectivity index (χ1n) is 24.8. The highest BCUT2D eigenvalue weighted by Crippen LogP contribution is 2.53. The summed E-state index contributed by atoms with van der Waals surface area (Å²) in [5.74, 6) is 0.178. The van der Waals surface area contributed by atoms with Crippen molar-refractivity contribution in [3.05, 3.63) is 230 Å². The number of aryl methyl sites for hydroxylation is 2. The van der Waals surface area contributed by atoms with Crippen LogP contribution in [0.4, 0.5) is 0 Å². The second kappa shape index (κ2) is 22.6. The van der Waals surface area contributed by atoms with E-state index in [9.17, 15) is 9.90 Å². The molecule has 0 spiro atoms. The molecular formula is C64H60Cl2N2O3S. The van der Waals surface area contributed by atoms with Gasteiger partial charge in [0.15, 0.2) is 0 Å². The smallest absolute Gasteiger partial charge is 0.303 e. The van der Waals surface area contributed by atoms with Crippen LogP contribution in [0.15, 0.2) is 164 Å². The lowest BCUT2D eigenvalue weighted by atomic mass is 9.92. The maximum atomic E-state index is 11.5. The monoisotopic (exact) mass is 1010 g/mol. The van der Waals surface area contributed by atoms with E-state index in [4.69, 9.17) is 37.9 Å². The zero-order valence-electron chi connectivity index (χ0n) is 41.2. The summed E-state index contributed by atoms with van der Waals surface area (Å²) in [7, 11) is 0. The van der Waals surface area contributed by atoms with E-state index < -0.39 is 5.97 Å². The maximum Gasteiger partial charge on any atom is 0.303 e. The molecule has 1 aliphatic carbocycles. The molecule has 3 heterocycles. The summed E-state index contributed by atoms with van der Waals surface area (Å²) in [5.41, 5.74) is 14.2. The van der Waals surface area contributed by atoms with Crippen molar-refractivity contribution in [1.29, 1.82) is 0 Å². The van der Waals surface area contributed by atoms with E-state index in [0.29, 0.717) is 10.0 Å². The summed E-state index contributed by atoms with van der Waals surface area (Å²) < 4.78 is 6.64. The van der Waals surface area contributed by atoms with Crippen molar-refractivity contribution in [3.63, 3.8) is 0 Å². The van der Waals surface area contributed by atoms with Crippen molar-refractivity contribution < 1.29 is 14.6 Å². The number of ether oxygens (including phenoxy) is 1. The fourth-order valence-electron chi connectivity index (χ4n) is 9.75. The van der Waals surface area contributed by atoms with Gasteiger partial charge in [0.25, 0.3) is 0 Å². The number of hydrogen-bond donors (Lipinski definition) is 1. The number of allylic oxidation sites excluding steroid dienone is 1. The van der Waals surface area contributed by atoms with Crippen LogP contribution in [-0.2, 0) is 28.0 Å². The highest BCUT2D eigenvalue weighted by Gasteiger charge is 2.44. The molecular weight excluding hydrogens is 948 g/mol. The van der Waals surface area contributed by atoms with Crippen LogP contribution in [0.2, 0.25) is 10.0 Å². The minimum atomic E-state index is -0.693. The van der Waals surface area contributed by atoms with Crippen molar-refractivity contribution in [2.24, 2.45) is 5.41 Å².